The second-order valence-electron chi connectivity index (χ2n) is 2.95. The molecule has 1 aromatic heterocycles. The molecular weight excluding hydrogens is 176 g/mol. The zero-order valence-electron chi connectivity index (χ0n) is 7.68. The summed E-state index contributed by atoms with van der Waals surface area (Å²) < 4.78 is 1.83. The largest absolute Gasteiger partial charge is 0.317 e. The van der Waals surface area contributed by atoms with Gasteiger partial charge in [0.05, 0.1) is 11.6 Å². The molecule has 0 aliphatic heterocycles. The molecule has 0 N–H and O–H groups in total. The molecule has 0 saturated heterocycles. The molecule has 0 amide bonds. The van der Waals surface area contributed by atoms with Crippen LogP contribution in [0, 0.1) is 11.3 Å². The van der Waals surface area contributed by atoms with Crippen molar-refractivity contribution in [1.29, 1.82) is 5.26 Å². The zero-order chi connectivity index (χ0) is 9.97. The number of hydrogen-bond donors (Lipinski definition) is 0. The fourth-order valence-electron chi connectivity index (χ4n) is 1.24. The van der Waals surface area contributed by atoms with Gasteiger partial charge in [0.2, 0.25) is 0 Å². The normalized spacial score (nSPS) is 9.71. The minimum atomic E-state index is 0.649. The van der Waals surface area contributed by atoms with Gasteiger partial charge in [-0.15, -0.1) is 10.2 Å². The first kappa shape index (κ1) is 8.45. The highest BCUT2D eigenvalue weighted by Gasteiger charge is 2.03. The first-order valence-corrected chi connectivity index (χ1v) is 4.16. The lowest BCUT2D eigenvalue weighted by molar-refractivity contribution is 0.920. The summed E-state index contributed by atoms with van der Waals surface area (Å²) in [5, 5.41) is 16.4. The molecule has 0 saturated carbocycles. The Morgan fingerprint density at radius 2 is 2.00 bits per heavy atom. The summed E-state index contributed by atoms with van der Waals surface area (Å²) >= 11 is 0. The maximum absolute atomic E-state index is 8.63. The van der Waals surface area contributed by atoms with Gasteiger partial charge in [-0.25, -0.2) is 0 Å². The van der Waals surface area contributed by atoms with Crippen molar-refractivity contribution in [1.82, 2.24) is 14.8 Å². The Labute approximate surface area is 81.4 Å². The number of nitriles is 1. The molecule has 0 bridgehead atoms. The molecule has 4 heteroatoms. The van der Waals surface area contributed by atoms with Crippen LogP contribution in [-0.4, -0.2) is 14.8 Å². The van der Waals surface area contributed by atoms with Gasteiger partial charge in [0, 0.05) is 12.6 Å². The van der Waals surface area contributed by atoms with Gasteiger partial charge in [-0.2, -0.15) is 5.26 Å². The molecule has 1 aromatic carbocycles. The van der Waals surface area contributed by atoms with E-state index in [1.807, 2.05) is 23.7 Å². The van der Waals surface area contributed by atoms with Crippen molar-refractivity contribution in [3.63, 3.8) is 0 Å². The van der Waals surface area contributed by atoms with Crippen LogP contribution >= 0.6 is 0 Å². The van der Waals surface area contributed by atoms with Crippen LogP contribution in [0.4, 0.5) is 0 Å². The molecule has 0 spiro atoms. The van der Waals surface area contributed by atoms with Gasteiger partial charge < -0.3 is 4.57 Å². The third-order valence-electron chi connectivity index (χ3n) is 1.98. The molecule has 1 heterocycles. The van der Waals surface area contributed by atoms with Crippen molar-refractivity contribution in [2.24, 2.45) is 7.05 Å². The Bertz CT molecular complexity index is 476. The lowest BCUT2D eigenvalue weighted by Crippen LogP contribution is -1.90. The molecule has 0 radical (unpaired) electrons. The lowest BCUT2D eigenvalue weighted by Gasteiger charge is -1.99. The average Bonchev–Trinajstić information content (AvgIpc) is 2.65. The van der Waals surface area contributed by atoms with E-state index in [1.54, 1.807) is 18.5 Å². The van der Waals surface area contributed by atoms with Gasteiger partial charge in [-0.05, 0) is 24.3 Å². The van der Waals surface area contributed by atoms with Gasteiger partial charge in [0.25, 0.3) is 0 Å². The molecule has 0 fully saturated rings. The smallest absolute Gasteiger partial charge is 0.163 e. The number of rotatable bonds is 1. The summed E-state index contributed by atoms with van der Waals surface area (Å²) in [5.41, 5.74) is 1.61. The van der Waals surface area contributed by atoms with Crippen LogP contribution in [0.5, 0.6) is 0 Å². The topological polar surface area (TPSA) is 54.5 Å². The van der Waals surface area contributed by atoms with Crippen LogP contribution in [0.25, 0.3) is 11.4 Å². The Balaban J connectivity index is 2.45. The molecule has 68 valence electrons. The van der Waals surface area contributed by atoms with Crippen molar-refractivity contribution in [2.75, 3.05) is 0 Å². The van der Waals surface area contributed by atoms with Crippen molar-refractivity contribution in [3.8, 4) is 17.5 Å². The summed E-state index contributed by atoms with van der Waals surface area (Å²) in [6.45, 7) is 0. The number of nitrogens with zero attached hydrogens (tertiary/aromatic N) is 4. The third kappa shape index (κ3) is 1.36. The molecule has 4 nitrogen and oxygen atoms in total. The van der Waals surface area contributed by atoms with Gasteiger partial charge in [0.15, 0.2) is 5.82 Å². The highest BCUT2D eigenvalue weighted by Crippen LogP contribution is 2.15. The third-order valence-corrected chi connectivity index (χ3v) is 1.98. The molecule has 0 aliphatic carbocycles. The number of hydrogen-bond acceptors (Lipinski definition) is 3. The average molecular weight is 184 g/mol. The van der Waals surface area contributed by atoms with E-state index in [0.29, 0.717) is 5.56 Å². The van der Waals surface area contributed by atoms with Gasteiger partial charge >= 0.3 is 0 Å². The summed E-state index contributed by atoms with van der Waals surface area (Å²) in [7, 11) is 1.88. The summed E-state index contributed by atoms with van der Waals surface area (Å²) in [6, 6.07) is 9.33. The van der Waals surface area contributed by atoms with Crippen LogP contribution in [0.3, 0.4) is 0 Å². The Morgan fingerprint density at radius 3 is 2.50 bits per heavy atom. The van der Waals surface area contributed by atoms with Gasteiger partial charge in [-0.3, -0.25) is 0 Å². The predicted molar refractivity (Wildman–Crippen MR) is 51.2 cm³/mol. The van der Waals surface area contributed by atoms with Gasteiger partial charge in [0.1, 0.15) is 6.33 Å². The van der Waals surface area contributed by atoms with E-state index in [1.165, 1.54) is 0 Å². The first-order valence-electron chi connectivity index (χ1n) is 4.16. The number of aromatic nitrogens is 3. The Kier molecular flexibility index (Phi) is 1.99. The van der Waals surface area contributed by atoms with Crippen molar-refractivity contribution < 1.29 is 0 Å². The highest BCUT2D eigenvalue weighted by atomic mass is 15.2. The van der Waals surface area contributed by atoms with E-state index >= 15 is 0 Å². The van der Waals surface area contributed by atoms with Crippen LogP contribution in [0.2, 0.25) is 0 Å². The fourth-order valence-corrected chi connectivity index (χ4v) is 1.24. The van der Waals surface area contributed by atoms with Crippen molar-refractivity contribution in [3.05, 3.63) is 36.2 Å². The monoisotopic (exact) mass is 184 g/mol. The van der Waals surface area contributed by atoms with Crippen LogP contribution < -0.4 is 0 Å². The van der Waals surface area contributed by atoms with Crippen LogP contribution in [-0.2, 0) is 7.05 Å². The van der Waals surface area contributed by atoms with E-state index in [-0.39, 0.29) is 0 Å². The first-order chi connectivity index (χ1) is 6.81. The fraction of sp³-hybridized carbons (Fsp3) is 0.100. The number of aryl methyl sites for hydroxylation is 1. The molecule has 0 atom stereocenters. The zero-order valence-corrected chi connectivity index (χ0v) is 7.68. The van der Waals surface area contributed by atoms with Crippen LogP contribution in [0.1, 0.15) is 5.56 Å². The second kappa shape index (κ2) is 3.30. The Morgan fingerprint density at radius 1 is 1.29 bits per heavy atom. The molecule has 2 aromatic rings. The summed E-state index contributed by atoms with van der Waals surface area (Å²) in [6.07, 6.45) is 1.65. The summed E-state index contributed by atoms with van der Waals surface area (Å²) in [5.74, 6) is 0.800. The van der Waals surface area contributed by atoms with E-state index in [4.69, 9.17) is 5.26 Å². The number of benzene rings is 1. The Hall–Kier alpha value is -2.15. The van der Waals surface area contributed by atoms with Crippen LogP contribution in [0.15, 0.2) is 30.6 Å². The summed E-state index contributed by atoms with van der Waals surface area (Å²) in [4.78, 5) is 0. The maximum Gasteiger partial charge on any atom is 0.163 e. The van der Waals surface area contributed by atoms with E-state index < -0.39 is 0 Å². The highest BCUT2D eigenvalue weighted by molar-refractivity contribution is 5.56. The van der Waals surface area contributed by atoms with E-state index in [2.05, 4.69) is 16.3 Å². The SMILES string of the molecule is Cn1cnnc1-c1ccc(C#N)cc1. The maximum atomic E-state index is 8.63. The predicted octanol–water partition coefficient (Wildman–Crippen LogP) is 1.35. The quantitative estimate of drug-likeness (QED) is 0.672. The second-order valence-corrected chi connectivity index (χ2v) is 2.95. The minimum Gasteiger partial charge on any atom is -0.317 e. The van der Waals surface area contributed by atoms with Gasteiger partial charge in [-0.1, -0.05) is 0 Å². The molecule has 0 aliphatic rings. The minimum absolute atomic E-state index is 0.649. The van der Waals surface area contributed by atoms with Crippen molar-refractivity contribution >= 4 is 0 Å². The standard InChI is InChI=1S/C10H8N4/c1-14-7-12-13-10(14)9-4-2-8(6-11)3-5-9/h2-5,7H,1H3. The molecule has 0 unspecified atom stereocenters. The van der Waals surface area contributed by atoms with Crippen molar-refractivity contribution in [2.45, 2.75) is 0 Å². The molecule has 2 rings (SSSR count). The lowest BCUT2D eigenvalue weighted by atomic mass is 10.1. The van der Waals surface area contributed by atoms with E-state index in [0.717, 1.165) is 11.4 Å². The van der Waals surface area contributed by atoms with E-state index in [9.17, 15) is 0 Å². The molecule has 14 heavy (non-hydrogen) atoms. The molecular formula is C10H8N4.